The predicted molar refractivity (Wildman–Crippen MR) is 66.0 cm³/mol. The standard InChI is InChI=1S/C12H11F4NO4S/c13-7-3-4-10(8(6-7)12(14,15)16)22(20,21)17-5-1-2-9(17)11(18)19/h3-4,6,9H,1-2,5H2,(H,18,19)/t9-/m1/s1. The molecule has 1 N–H and O–H groups in total. The molecular formula is C12H11F4NO4S. The summed E-state index contributed by atoms with van der Waals surface area (Å²) < 4.78 is 77.1. The molecule has 0 spiro atoms. The Morgan fingerprint density at radius 1 is 1.32 bits per heavy atom. The molecule has 0 aliphatic carbocycles. The first kappa shape index (κ1) is 16.7. The van der Waals surface area contributed by atoms with Gasteiger partial charge in [0.05, 0.1) is 10.5 Å². The van der Waals surface area contributed by atoms with Gasteiger partial charge < -0.3 is 5.11 Å². The Morgan fingerprint density at radius 2 is 1.95 bits per heavy atom. The van der Waals surface area contributed by atoms with E-state index in [9.17, 15) is 30.8 Å². The van der Waals surface area contributed by atoms with Crippen LogP contribution in [0.25, 0.3) is 0 Å². The molecule has 1 aromatic carbocycles. The van der Waals surface area contributed by atoms with E-state index in [1.165, 1.54) is 0 Å². The molecule has 1 saturated heterocycles. The van der Waals surface area contributed by atoms with Crippen molar-refractivity contribution < 1.29 is 35.9 Å². The molecule has 22 heavy (non-hydrogen) atoms. The number of hydrogen-bond acceptors (Lipinski definition) is 3. The summed E-state index contributed by atoms with van der Waals surface area (Å²) in [5.74, 6) is -2.67. The highest BCUT2D eigenvalue weighted by atomic mass is 32.2. The second kappa shape index (κ2) is 5.51. The molecule has 1 aliphatic rings. The monoisotopic (exact) mass is 341 g/mol. The topological polar surface area (TPSA) is 74.7 Å². The van der Waals surface area contributed by atoms with Gasteiger partial charge >= 0.3 is 12.1 Å². The number of alkyl halides is 3. The van der Waals surface area contributed by atoms with Crippen molar-refractivity contribution in [1.29, 1.82) is 0 Å². The van der Waals surface area contributed by atoms with Gasteiger partial charge in [0.2, 0.25) is 10.0 Å². The van der Waals surface area contributed by atoms with Gasteiger partial charge in [-0.15, -0.1) is 0 Å². The van der Waals surface area contributed by atoms with Gasteiger partial charge in [-0.1, -0.05) is 0 Å². The highest BCUT2D eigenvalue weighted by Gasteiger charge is 2.44. The first-order chi connectivity index (χ1) is 10.0. The minimum atomic E-state index is -5.08. The molecule has 1 atom stereocenters. The number of carboxylic acid groups (broad SMARTS) is 1. The molecule has 122 valence electrons. The summed E-state index contributed by atoms with van der Waals surface area (Å²) in [7, 11) is -4.70. The van der Waals surface area contributed by atoms with E-state index < -0.39 is 44.5 Å². The second-order valence-corrected chi connectivity index (χ2v) is 6.61. The van der Waals surface area contributed by atoms with Gasteiger partial charge in [-0.2, -0.15) is 17.5 Å². The van der Waals surface area contributed by atoms with Crippen LogP contribution in [-0.4, -0.2) is 36.4 Å². The number of hydrogen-bond donors (Lipinski definition) is 1. The van der Waals surface area contributed by atoms with Crippen LogP contribution in [0.1, 0.15) is 18.4 Å². The number of carbonyl (C=O) groups is 1. The second-order valence-electron chi connectivity index (χ2n) is 4.75. The van der Waals surface area contributed by atoms with Crippen LogP contribution in [0.15, 0.2) is 23.1 Å². The Bertz CT molecular complexity index is 702. The Morgan fingerprint density at radius 3 is 2.50 bits per heavy atom. The zero-order valence-corrected chi connectivity index (χ0v) is 11.8. The van der Waals surface area contributed by atoms with Gasteiger partial charge in [-0.3, -0.25) is 4.79 Å². The molecule has 1 fully saturated rings. The van der Waals surface area contributed by atoms with Crippen LogP contribution in [0.4, 0.5) is 17.6 Å². The van der Waals surface area contributed by atoms with E-state index in [4.69, 9.17) is 5.11 Å². The largest absolute Gasteiger partial charge is 0.480 e. The maximum Gasteiger partial charge on any atom is 0.417 e. The van der Waals surface area contributed by atoms with Gasteiger partial charge in [-0.05, 0) is 31.0 Å². The zero-order chi connectivity index (χ0) is 16.7. The maximum atomic E-state index is 13.0. The van der Waals surface area contributed by atoms with Crippen molar-refractivity contribution in [1.82, 2.24) is 4.31 Å². The molecule has 0 unspecified atom stereocenters. The average molecular weight is 341 g/mol. The minimum Gasteiger partial charge on any atom is -0.480 e. The van der Waals surface area contributed by atoms with Gasteiger partial charge in [0.1, 0.15) is 11.9 Å². The third kappa shape index (κ3) is 2.93. The smallest absolute Gasteiger partial charge is 0.417 e. The quantitative estimate of drug-likeness (QED) is 0.854. The van der Waals surface area contributed by atoms with Crippen LogP contribution in [0.3, 0.4) is 0 Å². The van der Waals surface area contributed by atoms with Crippen LogP contribution < -0.4 is 0 Å². The molecule has 1 heterocycles. The molecule has 0 amide bonds. The van der Waals surface area contributed by atoms with Crippen molar-refractivity contribution in [2.24, 2.45) is 0 Å². The third-order valence-electron chi connectivity index (χ3n) is 3.32. The lowest BCUT2D eigenvalue weighted by molar-refractivity contribution is -0.140. The van der Waals surface area contributed by atoms with E-state index in [1.807, 2.05) is 0 Å². The van der Waals surface area contributed by atoms with Crippen molar-refractivity contribution in [2.45, 2.75) is 30.0 Å². The molecular weight excluding hydrogens is 330 g/mol. The van der Waals surface area contributed by atoms with Gasteiger partial charge in [-0.25, -0.2) is 12.8 Å². The summed E-state index contributed by atoms with van der Waals surface area (Å²) in [6.07, 6.45) is -4.85. The number of halogens is 4. The summed E-state index contributed by atoms with van der Waals surface area (Å²) >= 11 is 0. The minimum absolute atomic E-state index is 0.0110. The van der Waals surface area contributed by atoms with Crippen molar-refractivity contribution in [3.63, 3.8) is 0 Å². The van der Waals surface area contributed by atoms with E-state index in [0.29, 0.717) is 16.4 Å². The number of sulfonamides is 1. The molecule has 5 nitrogen and oxygen atoms in total. The fourth-order valence-corrected chi connectivity index (χ4v) is 4.19. The van der Waals surface area contributed by atoms with Crippen LogP contribution in [-0.2, 0) is 21.0 Å². The molecule has 0 radical (unpaired) electrons. The summed E-state index contributed by atoms with van der Waals surface area (Å²) in [6, 6.07) is -0.242. The Kier molecular flexibility index (Phi) is 4.18. The van der Waals surface area contributed by atoms with E-state index in [-0.39, 0.29) is 25.5 Å². The van der Waals surface area contributed by atoms with Crippen molar-refractivity contribution in [3.8, 4) is 0 Å². The summed E-state index contributed by atoms with van der Waals surface area (Å²) in [6.45, 7) is -0.200. The first-order valence-electron chi connectivity index (χ1n) is 6.16. The zero-order valence-electron chi connectivity index (χ0n) is 11.0. The third-order valence-corrected chi connectivity index (χ3v) is 5.29. The average Bonchev–Trinajstić information content (AvgIpc) is 2.87. The highest BCUT2D eigenvalue weighted by Crippen LogP contribution is 2.37. The van der Waals surface area contributed by atoms with E-state index >= 15 is 0 Å². The predicted octanol–water partition coefficient (Wildman–Crippen LogP) is 2.08. The first-order valence-corrected chi connectivity index (χ1v) is 7.60. The SMILES string of the molecule is O=C(O)[C@H]1CCCN1S(=O)(=O)c1ccc(F)cc1C(F)(F)F. The molecule has 0 aromatic heterocycles. The lowest BCUT2D eigenvalue weighted by atomic mass is 10.2. The fourth-order valence-electron chi connectivity index (χ4n) is 2.35. The number of aliphatic carboxylic acids is 1. The number of rotatable bonds is 3. The lowest BCUT2D eigenvalue weighted by Crippen LogP contribution is -2.41. The Balaban J connectivity index is 2.58. The van der Waals surface area contributed by atoms with Gasteiger partial charge in [0.15, 0.2) is 0 Å². The van der Waals surface area contributed by atoms with Crippen molar-refractivity contribution in [2.75, 3.05) is 6.54 Å². The Labute approximate surface area is 123 Å². The van der Waals surface area contributed by atoms with Crippen LogP contribution >= 0.6 is 0 Å². The van der Waals surface area contributed by atoms with Crippen molar-refractivity contribution >= 4 is 16.0 Å². The molecule has 10 heteroatoms. The van der Waals surface area contributed by atoms with Crippen LogP contribution in [0.5, 0.6) is 0 Å². The summed E-state index contributed by atoms with van der Waals surface area (Å²) in [5.41, 5.74) is -1.65. The number of benzene rings is 1. The van der Waals surface area contributed by atoms with E-state index in [2.05, 4.69) is 0 Å². The van der Waals surface area contributed by atoms with E-state index in [1.54, 1.807) is 0 Å². The highest BCUT2D eigenvalue weighted by molar-refractivity contribution is 7.89. The molecule has 0 bridgehead atoms. The summed E-state index contributed by atoms with van der Waals surface area (Å²) in [4.78, 5) is 9.89. The number of nitrogens with zero attached hydrogens (tertiary/aromatic N) is 1. The summed E-state index contributed by atoms with van der Waals surface area (Å²) in [5, 5.41) is 8.98. The van der Waals surface area contributed by atoms with Crippen LogP contribution in [0, 0.1) is 5.82 Å². The van der Waals surface area contributed by atoms with Crippen LogP contribution in [0.2, 0.25) is 0 Å². The van der Waals surface area contributed by atoms with Gasteiger partial charge in [0, 0.05) is 6.54 Å². The normalized spacial score (nSPS) is 20.3. The maximum absolute atomic E-state index is 13.0. The molecule has 1 aliphatic heterocycles. The molecule has 0 saturated carbocycles. The lowest BCUT2D eigenvalue weighted by Gasteiger charge is -2.23. The van der Waals surface area contributed by atoms with Crippen molar-refractivity contribution in [3.05, 3.63) is 29.6 Å². The van der Waals surface area contributed by atoms with E-state index in [0.717, 1.165) is 0 Å². The molecule has 1 aromatic rings. The van der Waals surface area contributed by atoms with Gasteiger partial charge in [0.25, 0.3) is 0 Å². The Hall–Kier alpha value is -1.68. The molecule has 2 rings (SSSR count). The number of carboxylic acids is 1. The fraction of sp³-hybridized carbons (Fsp3) is 0.417.